The van der Waals surface area contributed by atoms with Crippen LogP contribution in [-0.4, -0.2) is 48.6 Å². The first kappa shape index (κ1) is 20.7. The second-order valence-electron chi connectivity index (χ2n) is 6.03. The molecule has 0 radical (unpaired) electrons. The highest BCUT2D eigenvalue weighted by atomic mass is 15.1. The van der Waals surface area contributed by atoms with E-state index in [4.69, 9.17) is 0 Å². The number of nitrogens with zero attached hydrogens (tertiary/aromatic N) is 2. The van der Waals surface area contributed by atoms with Crippen LogP contribution in [-0.2, 0) is 0 Å². The van der Waals surface area contributed by atoms with Gasteiger partial charge in [-0.2, -0.15) is 0 Å². The maximum atomic E-state index is 2.55. The van der Waals surface area contributed by atoms with E-state index in [9.17, 15) is 0 Å². The van der Waals surface area contributed by atoms with Crippen LogP contribution in [0, 0.1) is 0 Å². The summed E-state index contributed by atoms with van der Waals surface area (Å²) in [5.74, 6) is 0. The molecule has 2 nitrogen and oxygen atoms in total. The van der Waals surface area contributed by atoms with Gasteiger partial charge >= 0.3 is 0 Å². The van der Waals surface area contributed by atoms with E-state index in [1.165, 1.54) is 71.2 Å². The Hall–Kier alpha value is -0.340. The van der Waals surface area contributed by atoms with E-state index in [1.807, 2.05) is 13.8 Å². The van der Waals surface area contributed by atoms with Crippen molar-refractivity contribution in [3.63, 3.8) is 0 Å². The summed E-state index contributed by atoms with van der Waals surface area (Å²) in [4.78, 5) is 5.08. The molecule has 2 heteroatoms. The largest absolute Gasteiger partial charge is 0.304 e. The van der Waals surface area contributed by atoms with Gasteiger partial charge in [-0.1, -0.05) is 45.8 Å². The minimum atomic E-state index is 0.722. The molecule has 21 heavy (non-hydrogen) atoms. The number of hydrogen-bond acceptors (Lipinski definition) is 2. The Labute approximate surface area is 134 Å². The van der Waals surface area contributed by atoms with Gasteiger partial charge < -0.3 is 9.80 Å². The summed E-state index contributed by atoms with van der Waals surface area (Å²) < 4.78 is 0. The van der Waals surface area contributed by atoms with Crippen LogP contribution < -0.4 is 0 Å². The van der Waals surface area contributed by atoms with Crippen LogP contribution in [0.3, 0.4) is 0 Å². The van der Waals surface area contributed by atoms with Crippen molar-refractivity contribution >= 4 is 0 Å². The van der Waals surface area contributed by atoms with E-state index < -0.39 is 0 Å². The molecule has 2 rings (SSSR count). The number of likely N-dealkylation sites (tertiary alicyclic amines) is 1. The molecular weight excluding hydrogens is 256 g/mol. The third-order valence-electron chi connectivity index (χ3n) is 4.21. The smallest absolute Gasteiger partial charge is 0.00388 e. The first-order chi connectivity index (χ1) is 10.2. The van der Waals surface area contributed by atoms with E-state index in [0.29, 0.717) is 0 Å². The van der Waals surface area contributed by atoms with E-state index in [1.54, 1.807) is 0 Å². The van der Waals surface area contributed by atoms with Crippen LogP contribution in [0.2, 0.25) is 0 Å². The quantitative estimate of drug-likeness (QED) is 0.665. The topological polar surface area (TPSA) is 6.48 Å². The molecule has 0 atom stereocenters. The normalized spacial score (nSPS) is 20.7. The highest BCUT2D eigenvalue weighted by Gasteiger charge is 2.08. The Morgan fingerprint density at radius 3 is 1.67 bits per heavy atom. The Bertz CT molecular complexity index is 218. The molecule has 0 N–H and O–H groups in total. The standard InChI is InChI=1S/C9H17N.C8H17N.C2H6/c1-9(2)10-7-5-3-4-6-8-10;1-2-9-7-5-3-4-6-8-9;1-2/h3-4,9H,5-8H2,1-2H3;2-8H2,1H3;1-2H3. The fraction of sp³-hybridized carbons (Fsp3) is 0.895. The average Bonchev–Trinajstić information content (AvgIpc) is 2.94. The first-order valence-corrected chi connectivity index (χ1v) is 9.35. The van der Waals surface area contributed by atoms with Crippen LogP contribution >= 0.6 is 0 Å². The highest BCUT2D eigenvalue weighted by molar-refractivity contribution is 4.87. The minimum absolute atomic E-state index is 0.722. The molecule has 0 spiro atoms. The van der Waals surface area contributed by atoms with Gasteiger partial charge in [-0.3, -0.25) is 0 Å². The summed E-state index contributed by atoms with van der Waals surface area (Å²) in [7, 11) is 0. The van der Waals surface area contributed by atoms with Crippen molar-refractivity contribution in [3.05, 3.63) is 12.2 Å². The Kier molecular flexibility index (Phi) is 14.4. The van der Waals surface area contributed by atoms with E-state index in [0.717, 1.165) is 6.04 Å². The van der Waals surface area contributed by atoms with Gasteiger partial charge in [0, 0.05) is 19.1 Å². The van der Waals surface area contributed by atoms with Crippen LogP contribution in [0.5, 0.6) is 0 Å². The van der Waals surface area contributed by atoms with Crippen molar-refractivity contribution in [1.82, 2.24) is 9.80 Å². The molecule has 0 aromatic heterocycles. The Morgan fingerprint density at radius 2 is 1.29 bits per heavy atom. The van der Waals surface area contributed by atoms with E-state index in [-0.39, 0.29) is 0 Å². The van der Waals surface area contributed by atoms with Crippen molar-refractivity contribution < 1.29 is 0 Å². The van der Waals surface area contributed by atoms with Crippen molar-refractivity contribution in [2.75, 3.05) is 32.7 Å². The first-order valence-electron chi connectivity index (χ1n) is 9.35. The molecule has 0 aromatic carbocycles. The zero-order chi connectivity index (χ0) is 15.9. The molecule has 0 bridgehead atoms. The van der Waals surface area contributed by atoms with Gasteiger partial charge in [0.05, 0.1) is 0 Å². The predicted molar refractivity (Wildman–Crippen MR) is 97.0 cm³/mol. The number of hydrogen-bond donors (Lipinski definition) is 0. The van der Waals surface area contributed by atoms with Gasteiger partial charge in [0.15, 0.2) is 0 Å². The third-order valence-corrected chi connectivity index (χ3v) is 4.21. The zero-order valence-electron chi connectivity index (χ0n) is 15.4. The van der Waals surface area contributed by atoms with Crippen molar-refractivity contribution in [1.29, 1.82) is 0 Å². The fourth-order valence-corrected chi connectivity index (χ4v) is 2.80. The highest BCUT2D eigenvalue weighted by Crippen LogP contribution is 2.08. The molecule has 1 fully saturated rings. The second-order valence-corrected chi connectivity index (χ2v) is 6.03. The summed E-state index contributed by atoms with van der Waals surface area (Å²) in [6, 6.07) is 0.722. The molecule has 0 saturated carbocycles. The monoisotopic (exact) mass is 296 g/mol. The maximum absolute atomic E-state index is 2.55. The van der Waals surface area contributed by atoms with Gasteiger partial charge in [0.25, 0.3) is 0 Å². The van der Waals surface area contributed by atoms with Gasteiger partial charge in [0.2, 0.25) is 0 Å². The second kappa shape index (κ2) is 14.6. The van der Waals surface area contributed by atoms with Crippen molar-refractivity contribution in [2.24, 2.45) is 0 Å². The molecule has 2 aliphatic rings. The minimum Gasteiger partial charge on any atom is -0.304 e. The molecule has 0 aliphatic carbocycles. The summed E-state index contributed by atoms with van der Waals surface area (Å²) in [5.41, 5.74) is 0. The van der Waals surface area contributed by atoms with Crippen LogP contribution in [0.25, 0.3) is 0 Å². The van der Waals surface area contributed by atoms with Crippen LogP contribution in [0.1, 0.15) is 73.1 Å². The zero-order valence-corrected chi connectivity index (χ0v) is 15.4. The SMILES string of the molecule is CC.CC(C)N1CCC=CCC1.CCN1CCCCCC1. The third kappa shape index (κ3) is 11.0. The van der Waals surface area contributed by atoms with Crippen LogP contribution in [0.4, 0.5) is 0 Å². The average molecular weight is 297 g/mol. The molecule has 0 amide bonds. The summed E-state index contributed by atoms with van der Waals surface area (Å²) >= 11 is 0. The lowest BCUT2D eigenvalue weighted by molar-refractivity contribution is 0.234. The summed E-state index contributed by atoms with van der Waals surface area (Å²) in [5, 5.41) is 0. The Balaban J connectivity index is 0.000000342. The van der Waals surface area contributed by atoms with Crippen molar-refractivity contribution in [3.8, 4) is 0 Å². The van der Waals surface area contributed by atoms with Crippen LogP contribution in [0.15, 0.2) is 12.2 Å². The summed E-state index contributed by atoms with van der Waals surface area (Å²) in [6.07, 6.45) is 12.8. The van der Waals surface area contributed by atoms with Gasteiger partial charge in [-0.15, -0.1) is 0 Å². The molecule has 2 heterocycles. The molecule has 126 valence electrons. The van der Waals surface area contributed by atoms with Gasteiger partial charge in [0.1, 0.15) is 0 Å². The van der Waals surface area contributed by atoms with Crippen molar-refractivity contribution in [2.45, 2.75) is 79.2 Å². The molecule has 2 aliphatic heterocycles. The maximum Gasteiger partial charge on any atom is 0.00388 e. The summed E-state index contributed by atoms with van der Waals surface area (Å²) in [6.45, 7) is 17.2. The molecule has 0 unspecified atom stereocenters. The lowest BCUT2D eigenvalue weighted by atomic mass is 10.2. The molecule has 1 saturated heterocycles. The number of rotatable bonds is 2. The fourth-order valence-electron chi connectivity index (χ4n) is 2.80. The molecule has 0 aromatic rings. The lowest BCUT2D eigenvalue weighted by Crippen LogP contribution is -2.31. The van der Waals surface area contributed by atoms with Gasteiger partial charge in [-0.25, -0.2) is 0 Å². The lowest BCUT2D eigenvalue weighted by Gasteiger charge is -2.23. The van der Waals surface area contributed by atoms with Gasteiger partial charge in [-0.05, 0) is 59.2 Å². The van der Waals surface area contributed by atoms with E-state index in [2.05, 4.69) is 42.7 Å². The Morgan fingerprint density at radius 1 is 0.810 bits per heavy atom. The predicted octanol–water partition coefficient (Wildman–Crippen LogP) is 4.96. The van der Waals surface area contributed by atoms with E-state index >= 15 is 0 Å². The molecular formula is C19H40N2.